The lowest BCUT2D eigenvalue weighted by molar-refractivity contribution is 0.253. The van der Waals surface area contributed by atoms with Gasteiger partial charge >= 0.3 is 0 Å². The van der Waals surface area contributed by atoms with E-state index >= 15 is 0 Å². The molecule has 0 atom stereocenters. The number of rotatable bonds is 3. The van der Waals surface area contributed by atoms with Crippen LogP contribution in [0.5, 0.6) is 0 Å². The molecule has 1 heteroatoms. The van der Waals surface area contributed by atoms with Gasteiger partial charge in [-0.3, -0.25) is 0 Å². The van der Waals surface area contributed by atoms with Gasteiger partial charge in [-0.15, -0.1) is 0 Å². The van der Waals surface area contributed by atoms with Gasteiger partial charge in [-0.25, -0.2) is 0 Å². The summed E-state index contributed by atoms with van der Waals surface area (Å²) in [7, 11) is 0. The van der Waals surface area contributed by atoms with Crippen LogP contribution in [0, 0.1) is 0 Å². The Morgan fingerprint density at radius 2 is 1.61 bits per heavy atom. The fraction of sp³-hybridized carbons (Fsp3) is 0.647. The van der Waals surface area contributed by atoms with E-state index in [1.165, 1.54) is 56.9 Å². The summed E-state index contributed by atoms with van der Waals surface area (Å²) in [6.07, 6.45) is 11.0. The molecule has 2 aliphatic rings. The molecule has 2 saturated carbocycles. The highest BCUT2D eigenvalue weighted by Gasteiger charge is 2.37. The SMILES string of the molecule is NCC1(c2ccc(C3CCCCC3)cc2)CCC1. The lowest BCUT2D eigenvalue weighted by Gasteiger charge is -2.41. The molecule has 0 radical (unpaired) electrons. The van der Waals surface area contributed by atoms with Crippen LogP contribution < -0.4 is 5.73 Å². The lowest BCUT2D eigenvalue weighted by atomic mass is 9.64. The quantitative estimate of drug-likeness (QED) is 0.849. The van der Waals surface area contributed by atoms with Crippen LogP contribution in [0.25, 0.3) is 0 Å². The maximum Gasteiger partial charge on any atom is 0.00755 e. The normalized spacial score (nSPS) is 23.6. The van der Waals surface area contributed by atoms with E-state index in [2.05, 4.69) is 24.3 Å². The van der Waals surface area contributed by atoms with Gasteiger partial charge in [0.25, 0.3) is 0 Å². The second-order valence-electron chi connectivity index (χ2n) is 6.29. The molecule has 0 aliphatic heterocycles. The van der Waals surface area contributed by atoms with Gasteiger partial charge < -0.3 is 5.73 Å². The van der Waals surface area contributed by atoms with E-state index < -0.39 is 0 Å². The minimum atomic E-state index is 0.324. The molecule has 0 amide bonds. The van der Waals surface area contributed by atoms with Crippen LogP contribution in [0.2, 0.25) is 0 Å². The molecule has 2 aliphatic carbocycles. The van der Waals surface area contributed by atoms with Crippen molar-refractivity contribution in [2.75, 3.05) is 6.54 Å². The number of nitrogens with two attached hydrogens (primary N) is 1. The van der Waals surface area contributed by atoms with Gasteiger partial charge in [0.05, 0.1) is 0 Å². The van der Waals surface area contributed by atoms with Gasteiger partial charge in [0, 0.05) is 12.0 Å². The summed E-state index contributed by atoms with van der Waals surface area (Å²) in [4.78, 5) is 0. The van der Waals surface area contributed by atoms with Crippen LogP contribution >= 0.6 is 0 Å². The van der Waals surface area contributed by atoms with Gasteiger partial charge in [0.15, 0.2) is 0 Å². The van der Waals surface area contributed by atoms with Crippen molar-refractivity contribution in [3.8, 4) is 0 Å². The summed E-state index contributed by atoms with van der Waals surface area (Å²) in [5.41, 5.74) is 9.35. The predicted octanol–water partition coefficient (Wildman–Crippen LogP) is 4.11. The Morgan fingerprint density at radius 1 is 0.944 bits per heavy atom. The van der Waals surface area contributed by atoms with Crippen LogP contribution in [-0.4, -0.2) is 6.54 Å². The van der Waals surface area contributed by atoms with E-state index in [0.717, 1.165) is 12.5 Å². The molecule has 1 nitrogen and oxygen atoms in total. The second kappa shape index (κ2) is 5.05. The van der Waals surface area contributed by atoms with Gasteiger partial charge in [-0.2, -0.15) is 0 Å². The van der Waals surface area contributed by atoms with Gasteiger partial charge in [-0.1, -0.05) is 49.9 Å². The Labute approximate surface area is 111 Å². The van der Waals surface area contributed by atoms with Crippen molar-refractivity contribution < 1.29 is 0 Å². The average molecular weight is 243 g/mol. The highest BCUT2D eigenvalue weighted by atomic mass is 14.6. The maximum absolute atomic E-state index is 5.98. The molecule has 2 fully saturated rings. The standard InChI is InChI=1S/C17H25N/c18-13-17(11-4-12-17)16-9-7-15(8-10-16)14-5-2-1-3-6-14/h7-10,14H,1-6,11-13,18H2. The molecular formula is C17H25N. The molecule has 98 valence electrons. The first-order chi connectivity index (χ1) is 8.84. The Morgan fingerprint density at radius 3 is 2.11 bits per heavy atom. The summed E-state index contributed by atoms with van der Waals surface area (Å²) in [5, 5.41) is 0. The molecule has 1 aromatic rings. The summed E-state index contributed by atoms with van der Waals surface area (Å²) >= 11 is 0. The first kappa shape index (κ1) is 12.2. The number of benzene rings is 1. The molecular weight excluding hydrogens is 218 g/mol. The summed E-state index contributed by atoms with van der Waals surface area (Å²) in [6.45, 7) is 0.815. The van der Waals surface area contributed by atoms with Gasteiger partial charge in [0.1, 0.15) is 0 Å². The highest BCUT2D eigenvalue weighted by Crippen LogP contribution is 2.43. The highest BCUT2D eigenvalue weighted by molar-refractivity contribution is 5.33. The Balaban J connectivity index is 1.76. The van der Waals surface area contributed by atoms with E-state index in [0.29, 0.717) is 5.41 Å². The van der Waals surface area contributed by atoms with Crippen LogP contribution in [-0.2, 0) is 5.41 Å². The molecule has 18 heavy (non-hydrogen) atoms. The number of hydrogen-bond donors (Lipinski definition) is 1. The zero-order valence-electron chi connectivity index (χ0n) is 11.3. The van der Waals surface area contributed by atoms with Crippen molar-refractivity contribution in [1.29, 1.82) is 0 Å². The molecule has 3 rings (SSSR count). The second-order valence-corrected chi connectivity index (χ2v) is 6.29. The summed E-state index contributed by atoms with van der Waals surface area (Å²) in [5.74, 6) is 0.822. The van der Waals surface area contributed by atoms with Crippen molar-refractivity contribution in [3.63, 3.8) is 0 Å². The molecule has 0 spiro atoms. The molecule has 1 aromatic carbocycles. The smallest absolute Gasteiger partial charge is 0.00755 e. The van der Waals surface area contributed by atoms with Crippen LogP contribution in [0.15, 0.2) is 24.3 Å². The lowest BCUT2D eigenvalue weighted by Crippen LogP contribution is -2.41. The topological polar surface area (TPSA) is 26.0 Å². The molecule has 0 aromatic heterocycles. The van der Waals surface area contributed by atoms with Crippen molar-refractivity contribution in [1.82, 2.24) is 0 Å². The zero-order chi connectivity index (χ0) is 12.4. The maximum atomic E-state index is 5.98. The Bertz CT molecular complexity index is 377. The van der Waals surface area contributed by atoms with Gasteiger partial charge in [-0.05, 0) is 42.7 Å². The Hall–Kier alpha value is -0.820. The van der Waals surface area contributed by atoms with E-state index in [4.69, 9.17) is 5.73 Å². The number of hydrogen-bond acceptors (Lipinski definition) is 1. The Kier molecular flexibility index (Phi) is 3.43. The minimum absolute atomic E-state index is 0.324. The van der Waals surface area contributed by atoms with E-state index in [1.807, 2.05) is 0 Å². The third kappa shape index (κ3) is 2.09. The monoisotopic (exact) mass is 243 g/mol. The van der Waals surface area contributed by atoms with E-state index in [-0.39, 0.29) is 0 Å². The molecule has 0 bridgehead atoms. The van der Waals surface area contributed by atoms with Crippen molar-refractivity contribution in [2.24, 2.45) is 5.73 Å². The first-order valence-corrected chi connectivity index (χ1v) is 7.65. The third-order valence-corrected chi connectivity index (χ3v) is 5.30. The first-order valence-electron chi connectivity index (χ1n) is 7.65. The predicted molar refractivity (Wildman–Crippen MR) is 76.9 cm³/mol. The molecule has 0 heterocycles. The molecule has 2 N–H and O–H groups in total. The zero-order valence-corrected chi connectivity index (χ0v) is 11.3. The molecule has 0 unspecified atom stereocenters. The third-order valence-electron chi connectivity index (χ3n) is 5.30. The van der Waals surface area contributed by atoms with Crippen molar-refractivity contribution >= 4 is 0 Å². The fourth-order valence-electron chi connectivity index (χ4n) is 3.76. The minimum Gasteiger partial charge on any atom is -0.330 e. The average Bonchev–Trinajstić information content (AvgIpc) is 2.40. The summed E-state index contributed by atoms with van der Waals surface area (Å²) < 4.78 is 0. The van der Waals surface area contributed by atoms with Crippen molar-refractivity contribution in [3.05, 3.63) is 35.4 Å². The molecule has 0 saturated heterocycles. The fourth-order valence-corrected chi connectivity index (χ4v) is 3.76. The van der Waals surface area contributed by atoms with E-state index in [1.54, 1.807) is 5.56 Å². The largest absolute Gasteiger partial charge is 0.330 e. The van der Waals surface area contributed by atoms with Crippen molar-refractivity contribution in [2.45, 2.75) is 62.7 Å². The van der Waals surface area contributed by atoms with Crippen LogP contribution in [0.4, 0.5) is 0 Å². The van der Waals surface area contributed by atoms with Crippen LogP contribution in [0.3, 0.4) is 0 Å². The van der Waals surface area contributed by atoms with Crippen LogP contribution in [0.1, 0.15) is 68.4 Å². The van der Waals surface area contributed by atoms with Gasteiger partial charge in [0.2, 0.25) is 0 Å². The van der Waals surface area contributed by atoms with E-state index in [9.17, 15) is 0 Å². The summed E-state index contributed by atoms with van der Waals surface area (Å²) in [6, 6.07) is 9.47.